The standard InChI is InChI=1S/C20H21FN4O2S/c1-25(19(26)18-16(27-2)7-4-10-22-18)15-6-3-5-13(15)23-20-24-14-9-8-12(21)11-17(14)28-20/h4,7-11,13,15H,3,5-6H2,1-2H3,(H,23,24)/t13-,15-/m0/s1. The molecule has 1 aliphatic carbocycles. The number of rotatable bonds is 5. The highest BCUT2D eigenvalue weighted by molar-refractivity contribution is 7.22. The van der Waals surface area contributed by atoms with Crippen LogP contribution in [0.4, 0.5) is 9.52 Å². The van der Waals surface area contributed by atoms with Gasteiger partial charge in [0.1, 0.15) is 11.6 Å². The summed E-state index contributed by atoms with van der Waals surface area (Å²) in [4.78, 5) is 23.5. The van der Waals surface area contributed by atoms with E-state index in [2.05, 4.69) is 15.3 Å². The highest BCUT2D eigenvalue weighted by atomic mass is 32.1. The molecule has 1 saturated carbocycles. The molecule has 0 bridgehead atoms. The molecule has 1 amide bonds. The zero-order valence-corrected chi connectivity index (χ0v) is 16.5. The SMILES string of the molecule is COc1cccnc1C(=O)N(C)[C@H]1CCC[C@@H]1Nc1nc2ccc(F)cc2s1. The Balaban J connectivity index is 1.53. The van der Waals surface area contributed by atoms with Gasteiger partial charge in [0, 0.05) is 19.3 Å². The van der Waals surface area contributed by atoms with Gasteiger partial charge in [-0.2, -0.15) is 0 Å². The molecule has 0 aliphatic heterocycles. The minimum absolute atomic E-state index is 0.0166. The smallest absolute Gasteiger partial charge is 0.276 e. The van der Waals surface area contributed by atoms with E-state index < -0.39 is 0 Å². The fourth-order valence-electron chi connectivity index (χ4n) is 3.72. The average Bonchev–Trinajstić information content (AvgIpc) is 3.33. The summed E-state index contributed by atoms with van der Waals surface area (Å²) < 4.78 is 19.5. The lowest BCUT2D eigenvalue weighted by Gasteiger charge is -2.30. The molecule has 2 heterocycles. The van der Waals surface area contributed by atoms with Crippen molar-refractivity contribution in [3.63, 3.8) is 0 Å². The Morgan fingerprint density at radius 3 is 3.04 bits per heavy atom. The number of fused-ring (bicyclic) bond motifs is 1. The van der Waals surface area contributed by atoms with Crippen LogP contribution in [0.1, 0.15) is 29.8 Å². The van der Waals surface area contributed by atoms with E-state index >= 15 is 0 Å². The number of carbonyl (C=O) groups is 1. The molecular formula is C20H21FN4O2S. The van der Waals surface area contributed by atoms with E-state index in [1.54, 1.807) is 36.3 Å². The van der Waals surface area contributed by atoms with Gasteiger partial charge in [0.25, 0.3) is 5.91 Å². The maximum absolute atomic E-state index is 13.4. The molecule has 1 aromatic carbocycles. The maximum Gasteiger partial charge on any atom is 0.276 e. The third-order valence-electron chi connectivity index (χ3n) is 5.15. The highest BCUT2D eigenvalue weighted by Gasteiger charge is 2.34. The molecule has 8 heteroatoms. The van der Waals surface area contributed by atoms with Gasteiger partial charge in [-0.25, -0.2) is 14.4 Å². The molecule has 1 aliphatic rings. The van der Waals surface area contributed by atoms with Gasteiger partial charge in [0.2, 0.25) is 0 Å². The van der Waals surface area contributed by atoms with E-state index in [0.29, 0.717) is 11.4 Å². The van der Waals surface area contributed by atoms with E-state index in [1.165, 1.54) is 30.6 Å². The van der Waals surface area contributed by atoms with Gasteiger partial charge in [-0.15, -0.1) is 0 Å². The highest BCUT2D eigenvalue weighted by Crippen LogP contribution is 2.32. The molecule has 3 aromatic rings. The summed E-state index contributed by atoms with van der Waals surface area (Å²) in [6.07, 6.45) is 4.44. The van der Waals surface area contributed by atoms with Gasteiger partial charge < -0.3 is 15.0 Å². The van der Waals surface area contributed by atoms with Crippen molar-refractivity contribution in [1.29, 1.82) is 0 Å². The van der Waals surface area contributed by atoms with Crippen LogP contribution in [-0.4, -0.2) is 47.0 Å². The molecule has 0 unspecified atom stereocenters. The predicted octanol–water partition coefficient (Wildman–Crippen LogP) is 3.94. The zero-order valence-electron chi connectivity index (χ0n) is 15.7. The van der Waals surface area contributed by atoms with Crippen LogP contribution in [-0.2, 0) is 0 Å². The van der Waals surface area contributed by atoms with Crippen molar-refractivity contribution in [2.24, 2.45) is 0 Å². The lowest BCUT2D eigenvalue weighted by atomic mass is 10.1. The molecule has 0 spiro atoms. The Kier molecular flexibility index (Phi) is 5.13. The third-order valence-corrected chi connectivity index (χ3v) is 6.10. The van der Waals surface area contributed by atoms with Gasteiger partial charge in [-0.05, 0) is 49.6 Å². The van der Waals surface area contributed by atoms with Crippen molar-refractivity contribution < 1.29 is 13.9 Å². The first-order valence-electron chi connectivity index (χ1n) is 9.15. The molecule has 0 saturated heterocycles. The zero-order chi connectivity index (χ0) is 19.7. The van der Waals surface area contributed by atoms with Crippen molar-refractivity contribution in [3.05, 3.63) is 48.0 Å². The Hall–Kier alpha value is -2.74. The Morgan fingerprint density at radius 1 is 1.36 bits per heavy atom. The molecule has 2 atom stereocenters. The van der Waals surface area contributed by atoms with Crippen molar-refractivity contribution >= 4 is 32.6 Å². The summed E-state index contributed by atoms with van der Waals surface area (Å²) in [5, 5.41) is 4.20. The number of carbonyl (C=O) groups excluding carboxylic acids is 1. The van der Waals surface area contributed by atoms with Gasteiger partial charge in [0.15, 0.2) is 10.8 Å². The number of ether oxygens (including phenoxy) is 1. The molecule has 1 fully saturated rings. The topological polar surface area (TPSA) is 67.3 Å². The van der Waals surface area contributed by atoms with E-state index in [0.717, 1.165) is 34.6 Å². The lowest BCUT2D eigenvalue weighted by molar-refractivity contribution is 0.0718. The van der Waals surface area contributed by atoms with Crippen LogP contribution in [0.2, 0.25) is 0 Å². The number of pyridine rings is 1. The number of amides is 1. The molecular weight excluding hydrogens is 379 g/mol. The number of anilines is 1. The van der Waals surface area contributed by atoms with Crippen LogP contribution in [0.15, 0.2) is 36.5 Å². The number of aromatic nitrogens is 2. The minimum atomic E-state index is -0.268. The fraction of sp³-hybridized carbons (Fsp3) is 0.350. The fourth-order valence-corrected chi connectivity index (χ4v) is 4.68. The number of methoxy groups -OCH3 is 1. The Labute approximate surface area is 166 Å². The van der Waals surface area contributed by atoms with Crippen molar-refractivity contribution in [3.8, 4) is 5.75 Å². The van der Waals surface area contributed by atoms with Crippen molar-refractivity contribution in [2.45, 2.75) is 31.3 Å². The van der Waals surface area contributed by atoms with Crippen LogP contribution in [0.25, 0.3) is 10.2 Å². The van der Waals surface area contributed by atoms with Crippen LogP contribution in [0.5, 0.6) is 5.75 Å². The van der Waals surface area contributed by atoms with E-state index in [1.807, 2.05) is 0 Å². The molecule has 4 rings (SSSR count). The molecule has 146 valence electrons. The Bertz CT molecular complexity index is 1010. The normalized spacial score (nSPS) is 19.0. The van der Waals surface area contributed by atoms with Crippen molar-refractivity contribution in [1.82, 2.24) is 14.9 Å². The quantitative estimate of drug-likeness (QED) is 0.703. The molecule has 0 radical (unpaired) electrons. The summed E-state index contributed by atoms with van der Waals surface area (Å²) in [6, 6.07) is 8.16. The third kappa shape index (κ3) is 3.52. The van der Waals surface area contributed by atoms with E-state index in [4.69, 9.17) is 4.74 Å². The molecule has 1 N–H and O–H groups in total. The molecule has 6 nitrogen and oxygen atoms in total. The summed E-state index contributed by atoms with van der Waals surface area (Å²) in [7, 11) is 3.33. The summed E-state index contributed by atoms with van der Waals surface area (Å²) in [5.41, 5.74) is 1.08. The Morgan fingerprint density at radius 2 is 2.21 bits per heavy atom. The number of nitrogens with zero attached hydrogens (tertiary/aromatic N) is 3. The lowest BCUT2D eigenvalue weighted by Crippen LogP contribution is -2.45. The number of hydrogen-bond donors (Lipinski definition) is 1. The predicted molar refractivity (Wildman–Crippen MR) is 108 cm³/mol. The monoisotopic (exact) mass is 400 g/mol. The van der Waals surface area contributed by atoms with Gasteiger partial charge in [-0.3, -0.25) is 4.79 Å². The molecule has 2 aromatic heterocycles. The van der Waals surface area contributed by atoms with Gasteiger partial charge in [0.05, 0.1) is 23.4 Å². The largest absolute Gasteiger partial charge is 0.494 e. The second kappa shape index (κ2) is 7.71. The van der Waals surface area contributed by atoms with E-state index in [-0.39, 0.29) is 23.8 Å². The van der Waals surface area contributed by atoms with Crippen molar-refractivity contribution in [2.75, 3.05) is 19.5 Å². The van der Waals surface area contributed by atoms with E-state index in [9.17, 15) is 9.18 Å². The second-order valence-electron chi connectivity index (χ2n) is 6.85. The van der Waals surface area contributed by atoms with Gasteiger partial charge >= 0.3 is 0 Å². The second-order valence-corrected chi connectivity index (χ2v) is 7.88. The van der Waals surface area contributed by atoms with Gasteiger partial charge in [-0.1, -0.05) is 11.3 Å². The number of benzene rings is 1. The molecule has 28 heavy (non-hydrogen) atoms. The first kappa shape index (κ1) is 18.6. The number of thiazole rings is 1. The number of nitrogens with one attached hydrogen (secondary N) is 1. The number of halogens is 1. The summed E-state index contributed by atoms with van der Waals surface area (Å²) >= 11 is 1.42. The summed E-state index contributed by atoms with van der Waals surface area (Å²) in [6.45, 7) is 0. The number of likely N-dealkylation sites (N-methyl/N-ethyl adjacent to an activating group) is 1. The summed E-state index contributed by atoms with van der Waals surface area (Å²) in [5.74, 6) is 0.0358. The van der Waals surface area contributed by atoms with Crippen LogP contribution in [0.3, 0.4) is 0 Å². The first-order valence-corrected chi connectivity index (χ1v) is 9.97. The van der Waals surface area contributed by atoms with Crippen LogP contribution in [0, 0.1) is 5.82 Å². The van der Waals surface area contributed by atoms with Crippen LogP contribution >= 0.6 is 11.3 Å². The minimum Gasteiger partial charge on any atom is -0.494 e. The average molecular weight is 400 g/mol. The first-order chi connectivity index (χ1) is 13.6. The van der Waals surface area contributed by atoms with Crippen LogP contribution < -0.4 is 10.1 Å². The maximum atomic E-state index is 13.4. The number of hydrogen-bond acceptors (Lipinski definition) is 6.